The van der Waals surface area contributed by atoms with Crippen molar-refractivity contribution in [1.82, 2.24) is 10.2 Å². The van der Waals surface area contributed by atoms with Crippen LogP contribution in [0.4, 0.5) is 0 Å². The first-order chi connectivity index (χ1) is 12.6. The number of imide groups is 1. The van der Waals surface area contributed by atoms with E-state index in [4.69, 9.17) is 0 Å². The number of nitrogens with zero attached hydrogens (tertiary/aromatic N) is 1. The van der Waals surface area contributed by atoms with Crippen LogP contribution < -0.4 is 5.32 Å². The lowest BCUT2D eigenvalue weighted by molar-refractivity contribution is -0.119. The van der Waals surface area contributed by atoms with Gasteiger partial charge in [-0.2, -0.15) is 11.8 Å². The Balaban J connectivity index is 1.43. The lowest BCUT2D eigenvalue weighted by atomic mass is 10.1. The highest BCUT2D eigenvalue weighted by Crippen LogP contribution is 2.22. The van der Waals surface area contributed by atoms with Gasteiger partial charge in [-0.25, -0.2) is 0 Å². The van der Waals surface area contributed by atoms with Gasteiger partial charge >= 0.3 is 0 Å². The molecule has 1 aliphatic heterocycles. The molecule has 3 rings (SSSR count). The Morgan fingerprint density at radius 1 is 1.00 bits per heavy atom. The average Bonchev–Trinajstić information content (AvgIpc) is 2.91. The topological polar surface area (TPSA) is 66.5 Å². The van der Waals surface area contributed by atoms with Crippen LogP contribution in [-0.4, -0.2) is 40.7 Å². The molecule has 1 atom stereocenters. The van der Waals surface area contributed by atoms with Crippen LogP contribution >= 0.6 is 11.8 Å². The van der Waals surface area contributed by atoms with E-state index in [1.54, 1.807) is 24.3 Å². The molecule has 0 saturated heterocycles. The molecule has 0 saturated carbocycles. The predicted octanol–water partition coefficient (Wildman–Crippen LogP) is 2.89. The molecule has 3 amide bonds. The lowest BCUT2D eigenvalue weighted by Gasteiger charge is -2.15. The molecule has 0 aliphatic carbocycles. The molecule has 0 bridgehead atoms. The van der Waals surface area contributed by atoms with Crippen LogP contribution in [0.3, 0.4) is 0 Å². The van der Waals surface area contributed by atoms with E-state index in [2.05, 4.69) is 5.32 Å². The zero-order valence-electron chi connectivity index (χ0n) is 14.5. The van der Waals surface area contributed by atoms with Crippen molar-refractivity contribution in [3.63, 3.8) is 0 Å². The van der Waals surface area contributed by atoms with Gasteiger partial charge in [-0.05, 0) is 24.6 Å². The maximum Gasteiger partial charge on any atom is 0.261 e. The number of benzene rings is 2. The third-order valence-corrected chi connectivity index (χ3v) is 5.19. The largest absolute Gasteiger partial charge is 0.349 e. The number of thioether (sulfide) groups is 1. The Hall–Kier alpha value is -2.60. The maximum atomic E-state index is 12.3. The van der Waals surface area contributed by atoms with Crippen molar-refractivity contribution in [2.24, 2.45) is 0 Å². The first-order valence-electron chi connectivity index (χ1n) is 8.45. The quantitative estimate of drug-likeness (QED) is 0.603. The summed E-state index contributed by atoms with van der Waals surface area (Å²) < 4.78 is 0. The summed E-state index contributed by atoms with van der Waals surface area (Å²) in [7, 11) is 0. The molecule has 0 spiro atoms. The predicted molar refractivity (Wildman–Crippen MR) is 102 cm³/mol. The number of hydrogen-bond donors (Lipinski definition) is 1. The van der Waals surface area contributed by atoms with E-state index < -0.39 is 0 Å². The Kier molecular flexibility index (Phi) is 5.73. The summed E-state index contributed by atoms with van der Waals surface area (Å²) in [6.07, 6.45) is 0. The summed E-state index contributed by atoms with van der Waals surface area (Å²) in [6.45, 7) is 2.25. The molecular formula is C20H20N2O3S. The van der Waals surface area contributed by atoms with Crippen molar-refractivity contribution in [1.29, 1.82) is 0 Å². The van der Waals surface area contributed by atoms with Gasteiger partial charge < -0.3 is 5.32 Å². The van der Waals surface area contributed by atoms with Crippen LogP contribution in [0.1, 0.15) is 39.2 Å². The second-order valence-electron chi connectivity index (χ2n) is 6.06. The average molecular weight is 368 g/mol. The smallest absolute Gasteiger partial charge is 0.261 e. The molecule has 1 aliphatic rings. The van der Waals surface area contributed by atoms with Crippen molar-refractivity contribution < 1.29 is 14.4 Å². The second-order valence-corrected chi connectivity index (χ2v) is 7.17. The van der Waals surface area contributed by atoms with Gasteiger partial charge in [-0.3, -0.25) is 19.3 Å². The van der Waals surface area contributed by atoms with E-state index >= 15 is 0 Å². The number of carbonyl (C=O) groups is 3. The number of amides is 3. The first-order valence-corrected chi connectivity index (χ1v) is 9.60. The summed E-state index contributed by atoms with van der Waals surface area (Å²) in [4.78, 5) is 37.8. The molecule has 1 unspecified atom stereocenters. The zero-order valence-corrected chi connectivity index (χ0v) is 15.3. The van der Waals surface area contributed by atoms with E-state index in [9.17, 15) is 14.4 Å². The van der Waals surface area contributed by atoms with Crippen molar-refractivity contribution in [2.45, 2.75) is 13.0 Å². The highest BCUT2D eigenvalue weighted by atomic mass is 32.2. The fourth-order valence-corrected chi connectivity index (χ4v) is 3.60. The third kappa shape index (κ3) is 3.96. The Morgan fingerprint density at radius 3 is 2.19 bits per heavy atom. The number of nitrogens with one attached hydrogen (secondary N) is 1. The second kappa shape index (κ2) is 8.19. The number of fused-ring (bicyclic) bond motifs is 1. The van der Waals surface area contributed by atoms with E-state index in [-0.39, 0.29) is 23.8 Å². The van der Waals surface area contributed by atoms with Gasteiger partial charge in [0.05, 0.1) is 22.9 Å². The molecule has 5 nitrogen and oxygen atoms in total. The summed E-state index contributed by atoms with van der Waals surface area (Å²) in [5.41, 5.74) is 1.96. The Morgan fingerprint density at radius 2 is 1.58 bits per heavy atom. The highest BCUT2D eigenvalue weighted by Gasteiger charge is 2.34. The first kappa shape index (κ1) is 18.2. The monoisotopic (exact) mass is 368 g/mol. The van der Waals surface area contributed by atoms with Gasteiger partial charge in [-0.1, -0.05) is 42.5 Å². The van der Waals surface area contributed by atoms with Crippen LogP contribution in [-0.2, 0) is 4.79 Å². The van der Waals surface area contributed by atoms with Crippen molar-refractivity contribution >= 4 is 29.5 Å². The summed E-state index contributed by atoms with van der Waals surface area (Å²) in [5, 5.41) is 2.95. The maximum absolute atomic E-state index is 12.3. The van der Waals surface area contributed by atoms with Gasteiger partial charge in [0.1, 0.15) is 0 Å². The minimum Gasteiger partial charge on any atom is -0.349 e. The molecule has 0 aromatic heterocycles. The molecule has 2 aromatic carbocycles. The van der Waals surface area contributed by atoms with E-state index in [1.165, 1.54) is 16.7 Å². The molecular weight excluding hydrogens is 348 g/mol. The Bertz CT molecular complexity index is 788. The fraction of sp³-hybridized carbons (Fsp3) is 0.250. The van der Waals surface area contributed by atoms with E-state index in [0.29, 0.717) is 29.2 Å². The van der Waals surface area contributed by atoms with Gasteiger partial charge in [-0.15, -0.1) is 0 Å². The number of hydrogen-bond acceptors (Lipinski definition) is 4. The van der Waals surface area contributed by atoms with Gasteiger partial charge in [0.25, 0.3) is 11.8 Å². The summed E-state index contributed by atoms with van der Waals surface area (Å²) in [5.74, 6) is 0.245. The minimum absolute atomic E-state index is 0.0551. The standard InChI is InChI=1S/C20H20N2O3S/c1-14(15-7-3-2-4-8-15)21-18(23)13-26-12-11-22-19(24)16-9-5-6-10-17(16)20(22)25/h2-10,14H,11-13H2,1H3,(H,21,23). The minimum atomic E-state index is -0.256. The summed E-state index contributed by atoms with van der Waals surface area (Å²) >= 11 is 1.41. The number of rotatable bonds is 7. The fourth-order valence-electron chi connectivity index (χ4n) is 2.87. The van der Waals surface area contributed by atoms with Crippen LogP contribution in [0, 0.1) is 0 Å². The van der Waals surface area contributed by atoms with Crippen molar-refractivity contribution in [2.75, 3.05) is 18.1 Å². The molecule has 2 aromatic rings. The summed E-state index contributed by atoms with van der Waals surface area (Å²) in [6, 6.07) is 16.5. The van der Waals surface area contributed by atoms with Gasteiger partial charge in [0.2, 0.25) is 5.91 Å². The van der Waals surface area contributed by atoms with Crippen LogP contribution in [0.5, 0.6) is 0 Å². The molecule has 0 fully saturated rings. The van der Waals surface area contributed by atoms with Crippen LogP contribution in [0.2, 0.25) is 0 Å². The van der Waals surface area contributed by atoms with E-state index in [1.807, 2.05) is 37.3 Å². The van der Waals surface area contributed by atoms with Crippen LogP contribution in [0.15, 0.2) is 54.6 Å². The van der Waals surface area contributed by atoms with E-state index in [0.717, 1.165) is 5.56 Å². The van der Waals surface area contributed by atoms with Crippen molar-refractivity contribution in [3.8, 4) is 0 Å². The molecule has 0 radical (unpaired) electrons. The van der Waals surface area contributed by atoms with Gasteiger partial charge in [0.15, 0.2) is 0 Å². The normalized spacial score (nSPS) is 14.3. The highest BCUT2D eigenvalue weighted by molar-refractivity contribution is 7.99. The van der Waals surface area contributed by atoms with Gasteiger partial charge in [0, 0.05) is 12.3 Å². The molecule has 6 heteroatoms. The molecule has 1 N–H and O–H groups in total. The number of carbonyl (C=O) groups excluding carboxylic acids is 3. The molecule has 134 valence electrons. The van der Waals surface area contributed by atoms with Crippen molar-refractivity contribution in [3.05, 3.63) is 71.3 Å². The SMILES string of the molecule is CC(NC(=O)CSCCN1C(=O)c2ccccc2C1=O)c1ccccc1. The third-order valence-electron chi connectivity index (χ3n) is 4.25. The molecule has 26 heavy (non-hydrogen) atoms. The zero-order chi connectivity index (χ0) is 18.5. The lowest BCUT2D eigenvalue weighted by Crippen LogP contribution is -2.32. The Labute approximate surface area is 156 Å². The molecule has 1 heterocycles. The van der Waals surface area contributed by atoms with Crippen LogP contribution in [0.25, 0.3) is 0 Å².